The molecule has 5 nitrogen and oxygen atoms in total. The van der Waals surface area contributed by atoms with E-state index in [-0.39, 0.29) is 5.91 Å². The van der Waals surface area contributed by atoms with E-state index in [4.69, 9.17) is 0 Å². The second kappa shape index (κ2) is 6.26. The van der Waals surface area contributed by atoms with Crippen LogP contribution in [0.25, 0.3) is 10.1 Å². The summed E-state index contributed by atoms with van der Waals surface area (Å²) in [6.45, 7) is 1.91. The monoisotopic (exact) mass is 360 g/mol. The smallest absolute Gasteiger partial charge is 0.266 e. The van der Waals surface area contributed by atoms with Gasteiger partial charge in [-0.15, -0.1) is 11.3 Å². The Bertz CT molecular complexity index is 1020. The van der Waals surface area contributed by atoms with Crippen molar-refractivity contribution in [3.05, 3.63) is 59.0 Å². The molecule has 1 aromatic heterocycles. The standard InChI is InChI=1S/C17H16N2O3S2/c1-11-12-7-3-6-10-15(12)23-16(11)17(20)18-13-8-4-5-9-14(13)19-24(2,21)22/h3-10,19H,1-2H3,(H,18,20). The van der Waals surface area contributed by atoms with Crippen molar-refractivity contribution in [2.45, 2.75) is 6.92 Å². The van der Waals surface area contributed by atoms with Crippen LogP contribution in [0.15, 0.2) is 48.5 Å². The average molecular weight is 360 g/mol. The van der Waals surface area contributed by atoms with Gasteiger partial charge in [-0.25, -0.2) is 8.42 Å². The van der Waals surface area contributed by atoms with Crippen LogP contribution in [0.1, 0.15) is 15.2 Å². The van der Waals surface area contributed by atoms with Crippen LogP contribution in [0, 0.1) is 6.92 Å². The summed E-state index contributed by atoms with van der Waals surface area (Å²) >= 11 is 1.42. The van der Waals surface area contributed by atoms with Crippen LogP contribution in [0.2, 0.25) is 0 Å². The summed E-state index contributed by atoms with van der Waals surface area (Å²) in [6, 6.07) is 14.5. The first-order valence-corrected chi connectivity index (χ1v) is 9.92. The molecule has 24 heavy (non-hydrogen) atoms. The van der Waals surface area contributed by atoms with Crippen LogP contribution in [0.4, 0.5) is 11.4 Å². The molecule has 0 saturated heterocycles. The molecule has 0 aliphatic heterocycles. The Hall–Kier alpha value is -2.38. The zero-order chi connectivity index (χ0) is 17.3. The van der Waals surface area contributed by atoms with Gasteiger partial charge < -0.3 is 5.32 Å². The van der Waals surface area contributed by atoms with Crippen molar-refractivity contribution in [2.24, 2.45) is 0 Å². The number of amides is 1. The van der Waals surface area contributed by atoms with Gasteiger partial charge in [0, 0.05) is 4.70 Å². The fourth-order valence-corrected chi connectivity index (χ4v) is 4.13. The van der Waals surface area contributed by atoms with Crippen molar-refractivity contribution in [3.63, 3.8) is 0 Å². The molecule has 3 rings (SSSR count). The summed E-state index contributed by atoms with van der Waals surface area (Å²) in [5, 5.41) is 3.85. The summed E-state index contributed by atoms with van der Waals surface area (Å²) in [6.07, 6.45) is 1.07. The number of thiophene rings is 1. The summed E-state index contributed by atoms with van der Waals surface area (Å²) in [4.78, 5) is 13.3. The molecule has 0 radical (unpaired) electrons. The number of hydrogen-bond acceptors (Lipinski definition) is 4. The fourth-order valence-electron chi connectivity index (χ4n) is 2.45. The van der Waals surface area contributed by atoms with E-state index in [1.807, 2.05) is 31.2 Å². The fraction of sp³-hybridized carbons (Fsp3) is 0.118. The van der Waals surface area contributed by atoms with Gasteiger partial charge in [0.2, 0.25) is 10.0 Å². The molecule has 7 heteroatoms. The lowest BCUT2D eigenvalue weighted by Gasteiger charge is -2.11. The zero-order valence-corrected chi connectivity index (χ0v) is 14.8. The summed E-state index contributed by atoms with van der Waals surface area (Å²) in [7, 11) is -3.43. The number of rotatable bonds is 4. The molecule has 0 aliphatic rings. The Balaban J connectivity index is 1.94. The highest BCUT2D eigenvalue weighted by atomic mass is 32.2. The number of nitrogens with one attached hydrogen (secondary N) is 2. The van der Waals surface area contributed by atoms with Gasteiger partial charge in [-0.05, 0) is 36.1 Å². The van der Waals surface area contributed by atoms with Gasteiger partial charge in [-0.3, -0.25) is 9.52 Å². The molecule has 0 atom stereocenters. The summed E-state index contributed by atoms with van der Waals surface area (Å²) < 4.78 is 26.4. The molecular formula is C17H16N2O3S2. The maximum atomic E-state index is 12.6. The van der Waals surface area contributed by atoms with Crippen LogP contribution in [0.5, 0.6) is 0 Å². The van der Waals surface area contributed by atoms with E-state index >= 15 is 0 Å². The second-order valence-corrected chi connectivity index (χ2v) is 8.23. The molecule has 0 fully saturated rings. The summed E-state index contributed by atoms with van der Waals surface area (Å²) in [5.74, 6) is -0.253. The molecule has 0 saturated carbocycles. The Morgan fingerprint density at radius 2 is 1.62 bits per heavy atom. The predicted molar refractivity (Wildman–Crippen MR) is 99.4 cm³/mol. The number of carbonyl (C=O) groups is 1. The quantitative estimate of drug-likeness (QED) is 0.742. The second-order valence-electron chi connectivity index (χ2n) is 5.43. The number of sulfonamides is 1. The number of anilines is 2. The topological polar surface area (TPSA) is 75.3 Å². The molecule has 0 unspecified atom stereocenters. The SMILES string of the molecule is Cc1c(C(=O)Nc2ccccc2NS(C)(=O)=O)sc2ccccc12. The Morgan fingerprint density at radius 1 is 1.00 bits per heavy atom. The van der Waals surface area contributed by atoms with Crippen molar-refractivity contribution in [1.29, 1.82) is 0 Å². The van der Waals surface area contributed by atoms with E-state index in [0.717, 1.165) is 21.9 Å². The molecule has 0 bridgehead atoms. The van der Waals surface area contributed by atoms with E-state index in [0.29, 0.717) is 16.3 Å². The van der Waals surface area contributed by atoms with E-state index < -0.39 is 10.0 Å². The molecular weight excluding hydrogens is 344 g/mol. The highest BCUT2D eigenvalue weighted by Gasteiger charge is 2.17. The van der Waals surface area contributed by atoms with Gasteiger partial charge in [0.15, 0.2) is 0 Å². The van der Waals surface area contributed by atoms with Crippen molar-refractivity contribution in [1.82, 2.24) is 0 Å². The van der Waals surface area contributed by atoms with E-state index in [1.165, 1.54) is 11.3 Å². The minimum Gasteiger partial charge on any atom is -0.319 e. The number of fused-ring (bicyclic) bond motifs is 1. The highest BCUT2D eigenvalue weighted by molar-refractivity contribution is 7.92. The lowest BCUT2D eigenvalue weighted by molar-refractivity contribution is 0.103. The van der Waals surface area contributed by atoms with E-state index in [9.17, 15) is 13.2 Å². The minimum atomic E-state index is -3.43. The van der Waals surface area contributed by atoms with Gasteiger partial charge in [0.25, 0.3) is 5.91 Å². The van der Waals surface area contributed by atoms with Gasteiger partial charge in [0.05, 0.1) is 22.5 Å². The number of para-hydroxylation sites is 2. The van der Waals surface area contributed by atoms with Crippen LogP contribution in [-0.2, 0) is 10.0 Å². The Labute approximate surface area is 144 Å². The van der Waals surface area contributed by atoms with Crippen molar-refractivity contribution in [2.75, 3.05) is 16.3 Å². The molecule has 1 amide bonds. The number of benzene rings is 2. The van der Waals surface area contributed by atoms with Crippen LogP contribution in [-0.4, -0.2) is 20.6 Å². The Kier molecular flexibility index (Phi) is 4.29. The normalized spacial score (nSPS) is 11.4. The lowest BCUT2D eigenvalue weighted by Crippen LogP contribution is -2.15. The third-order valence-corrected chi connectivity index (χ3v) is 5.38. The molecule has 2 N–H and O–H groups in total. The predicted octanol–water partition coefficient (Wildman–Crippen LogP) is 3.83. The van der Waals surface area contributed by atoms with Crippen molar-refractivity contribution >= 4 is 48.7 Å². The first kappa shape index (κ1) is 16.5. The van der Waals surface area contributed by atoms with Crippen LogP contribution < -0.4 is 10.0 Å². The molecule has 0 spiro atoms. The third-order valence-electron chi connectivity index (χ3n) is 3.52. The third kappa shape index (κ3) is 3.42. The van der Waals surface area contributed by atoms with E-state index in [1.54, 1.807) is 24.3 Å². The van der Waals surface area contributed by atoms with Crippen LogP contribution >= 0.6 is 11.3 Å². The lowest BCUT2D eigenvalue weighted by atomic mass is 10.1. The minimum absolute atomic E-state index is 0.253. The van der Waals surface area contributed by atoms with Gasteiger partial charge in [-0.1, -0.05) is 30.3 Å². The number of aryl methyl sites for hydroxylation is 1. The average Bonchev–Trinajstić information content (AvgIpc) is 2.85. The first-order valence-electron chi connectivity index (χ1n) is 7.21. The van der Waals surface area contributed by atoms with Crippen molar-refractivity contribution < 1.29 is 13.2 Å². The number of hydrogen-bond donors (Lipinski definition) is 2. The van der Waals surface area contributed by atoms with Crippen molar-refractivity contribution in [3.8, 4) is 0 Å². The number of carbonyl (C=O) groups excluding carboxylic acids is 1. The van der Waals surface area contributed by atoms with Gasteiger partial charge >= 0.3 is 0 Å². The highest BCUT2D eigenvalue weighted by Crippen LogP contribution is 2.32. The molecule has 2 aromatic carbocycles. The molecule has 0 aliphatic carbocycles. The maximum absolute atomic E-state index is 12.6. The molecule has 3 aromatic rings. The van der Waals surface area contributed by atoms with Gasteiger partial charge in [-0.2, -0.15) is 0 Å². The maximum Gasteiger partial charge on any atom is 0.266 e. The van der Waals surface area contributed by atoms with E-state index in [2.05, 4.69) is 10.0 Å². The first-order chi connectivity index (χ1) is 11.3. The molecule has 1 heterocycles. The zero-order valence-electron chi connectivity index (χ0n) is 13.2. The molecule has 124 valence electrons. The van der Waals surface area contributed by atoms with Gasteiger partial charge in [0.1, 0.15) is 0 Å². The Morgan fingerprint density at radius 3 is 2.29 bits per heavy atom. The summed E-state index contributed by atoms with van der Waals surface area (Å²) in [5.41, 5.74) is 1.68. The van der Waals surface area contributed by atoms with Crippen LogP contribution in [0.3, 0.4) is 0 Å². The largest absolute Gasteiger partial charge is 0.319 e.